The molecule has 128 valence electrons. The van der Waals surface area contributed by atoms with Crippen molar-refractivity contribution in [3.63, 3.8) is 0 Å². The number of carbonyl (C=O) groups excluding carboxylic acids is 2. The number of benzene rings is 1. The van der Waals surface area contributed by atoms with Gasteiger partial charge in [-0.25, -0.2) is 8.78 Å². The van der Waals surface area contributed by atoms with E-state index in [0.29, 0.717) is 13.1 Å². The number of anilines is 1. The van der Waals surface area contributed by atoms with Crippen molar-refractivity contribution in [1.82, 2.24) is 15.1 Å². The molecule has 0 aliphatic heterocycles. The van der Waals surface area contributed by atoms with E-state index in [1.807, 2.05) is 13.8 Å². The fourth-order valence-corrected chi connectivity index (χ4v) is 2.06. The van der Waals surface area contributed by atoms with Gasteiger partial charge in [0.05, 0.1) is 5.69 Å². The van der Waals surface area contributed by atoms with Crippen LogP contribution in [-0.2, 0) is 6.54 Å². The van der Waals surface area contributed by atoms with E-state index in [1.54, 1.807) is 0 Å². The number of aryl methyl sites for hydroxylation is 1. The van der Waals surface area contributed by atoms with Gasteiger partial charge in [0, 0.05) is 19.3 Å². The van der Waals surface area contributed by atoms with Crippen molar-refractivity contribution in [1.29, 1.82) is 0 Å². The Labute approximate surface area is 137 Å². The number of hydrogen-bond acceptors (Lipinski definition) is 3. The summed E-state index contributed by atoms with van der Waals surface area (Å²) in [6.45, 7) is 4.63. The highest BCUT2D eigenvalue weighted by Gasteiger charge is 2.22. The molecule has 1 heterocycles. The number of nitrogens with zero attached hydrogens (tertiary/aromatic N) is 2. The molecule has 24 heavy (non-hydrogen) atoms. The normalized spacial score (nSPS) is 10.5. The van der Waals surface area contributed by atoms with E-state index < -0.39 is 29.0 Å². The van der Waals surface area contributed by atoms with Crippen LogP contribution in [0.5, 0.6) is 0 Å². The third-order valence-corrected chi connectivity index (χ3v) is 3.27. The second-order valence-corrected chi connectivity index (χ2v) is 5.05. The lowest BCUT2D eigenvalue weighted by molar-refractivity contribution is 0.0948. The first-order valence-electron chi connectivity index (χ1n) is 7.58. The van der Waals surface area contributed by atoms with Crippen LogP contribution in [0.3, 0.4) is 0 Å². The molecule has 8 heteroatoms. The minimum Gasteiger partial charge on any atom is -0.351 e. The average molecular weight is 336 g/mol. The fourth-order valence-electron chi connectivity index (χ4n) is 2.06. The molecule has 0 spiro atoms. The van der Waals surface area contributed by atoms with Gasteiger partial charge in [-0.1, -0.05) is 13.0 Å². The number of aromatic nitrogens is 2. The Morgan fingerprint density at radius 3 is 2.42 bits per heavy atom. The quantitative estimate of drug-likeness (QED) is 0.851. The Morgan fingerprint density at radius 1 is 1.17 bits per heavy atom. The van der Waals surface area contributed by atoms with Crippen molar-refractivity contribution in [2.24, 2.45) is 0 Å². The summed E-state index contributed by atoms with van der Waals surface area (Å²) in [5, 5.41) is 9.08. The van der Waals surface area contributed by atoms with E-state index in [9.17, 15) is 18.4 Å². The van der Waals surface area contributed by atoms with Gasteiger partial charge in [0.25, 0.3) is 11.8 Å². The minimum absolute atomic E-state index is 0.00426. The standard InChI is InChI=1S/C16H18F2N4O2/c1-3-8-19-16(24)14-12(9-22(4-2)21-14)20-15(23)13-10(17)6-5-7-11(13)18/h5-7,9H,3-4,8H2,1-2H3,(H,19,24)(H,20,23). The van der Waals surface area contributed by atoms with Gasteiger partial charge >= 0.3 is 0 Å². The SMILES string of the molecule is CCCNC(=O)c1nn(CC)cc1NC(=O)c1c(F)cccc1F. The van der Waals surface area contributed by atoms with Crippen molar-refractivity contribution < 1.29 is 18.4 Å². The van der Waals surface area contributed by atoms with E-state index in [4.69, 9.17) is 0 Å². The topological polar surface area (TPSA) is 76.0 Å². The third kappa shape index (κ3) is 3.76. The third-order valence-electron chi connectivity index (χ3n) is 3.27. The molecule has 0 bridgehead atoms. The molecule has 0 saturated carbocycles. The van der Waals surface area contributed by atoms with Gasteiger partial charge in [0.1, 0.15) is 17.2 Å². The van der Waals surface area contributed by atoms with Crippen LogP contribution in [-0.4, -0.2) is 28.1 Å². The highest BCUT2D eigenvalue weighted by Crippen LogP contribution is 2.18. The molecule has 1 aromatic carbocycles. The van der Waals surface area contributed by atoms with E-state index in [0.717, 1.165) is 18.6 Å². The lowest BCUT2D eigenvalue weighted by atomic mass is 10.2. The van der Waals surface area contributed by atoms with Gasteiger partial charge in [-0.2, -0.15) is 5.10 Å². The molecule has 0 fully saturated rings. The summed E-state index contributed by atoms with van der Waals surface area (Å²) in [5.41, 5.74) is -0.616. The van der Waals surface area contributed by atoms with Gasteiger partial charge in [0.15, 0.2) is 5.69 Å². The molecule has 1 aromatic heterocycles. The summed E-state index contributed by atoms with van der Waals surface area (Å²) in [4.78, 5) is 24.3. The molecule has 2 rings (SSSR count). The summed E-state index contributed by atoms with van der Waals surface area (Å²) in [5.74, 6) is -3.40. The predicted molar refractivity (Wildman–Crippen MR) is 84.8 cm³/mol. The van der Waals surface area contributed by atoms with Gasteiger partial charge in [-0.05, 0) is 25.5 Å². The molecule has 0 unspecified atom stereocenters. The number of nitrogens with one attached hydrogen (secondary N) is 2. The van der Waals surface area contributed by atoms with Gasteiger partial charge in [-0.3, -0.25) is 14.3 Å². The maximum absolute atomic E-state index is 13.7. The van der Waals surface area contributed by atoms with Crippen LogP contribution in [0.1, 0.15) is 41.1 Å². The predicted octanol–water partition coefficient (Wildman–Crippen LogP) is 2.57. The monoisotopic (exact) mass is 336 g/mol. The number of amides is 2. The van der Waals surface area contributed by atoms with Gasteiger partial charge in [0.2, 0.25) is 0 Å². The number of carbonyl (C=O) groups is 2. The molecule has 2 aromatic rings. The van der Waals surface area contributed by atoms with Crippen LogP contribution in [0, 0.1) is 11.6 Å². The summed E-state index contributed by atoms with van der Waals surface area (Å²) < 4.78 is 28.9. The zero-order chi connectivity index (χ0) is 17.7. The van der Waals surface area contributed by atoms with Gasteiger partial charge in [-0.15, -0.1) is 0 Å². The molecule has 0 radical (unpaired) electrons. The molecule has 0 aliphatic carbocycles. The molecule has 2 N–H and O–H groups in total. The number of hydrogen-bond donors (Lipinski definition) is 2. The van der Waals surface area contributed by atoms with E-state index in [-0.39, 0.29) is 11.4 Å². The molecular formula is C16H18F2N4O2. The molecule has 2 amide bonds. The van der Waals surface area contributed by atoms with Crippen LogP contribution in [0.2, 0.25) is 0 Å². The largest absolute Gasteiger partial charge is 0.351 e. The van der Waals surface area contributed by atoms with Crippen molar-refractivity contribution in [2.75, 3.05) is 11.9 Å². The van der Waals surface area contributed by atoms with Gasteiger partial charge < -0.3 is 10.6 Å². The Kier molecular flexibility index (Phi) is 5.62. The highest BCUT2D eigenvalue weighted by molar-refractivity contribution is 6.08. The second kappa shape index (κ2) is 7.67. The average Bonchev–Trinajstić information content (AvgIpc) is 2.95. The van der Waals surface area contributed by atoms with Crippen LogP contribution in [0.4, 0.5) is 14.5 Å². The molecule has 0 atom stereocenters. The van der Waals surface area contributed by atoms with Crippen LogP contribution in [0.15, 0.2) is 24.4 Å². The van der Waals surface area contributed by atoms with Crippen molar-refractivity contribution >= 4 is 17.5 Å². The molecule has 0 aliphatic rings. The Bertz CT molecular complexity index is 738. The van der Waals surface area contributed by atoms with Crippen LogP contribution < -0.4 is 10.6 Å². The van der Waals surface area contributed by atoms with E-state index >= 15 is 0 Å². The Hall–Kier alpha value is -2.77. The molecule has 0 saturated heterocycles. The van der Waals surface area contributed by atoms with Crippen LogP contribution >= 0.6 is 0 Å². The number of halogens is 2. The number of rotatable bonds is 6. The van der Waals surface area contributed by atoms with Crippen LogP contribution in [0.25, 0.3) is 0 Å². The summed E-state index contributed by atoms with van der Waals surface area (Å²) in [6.07, 6.45) is 2.18. The fraction of sp³-hybridized carbons (Fsp3) is 0.312. The van der Waals surface area contributed by atoms with Crippen molar-refractivity contribution in [3.8, 4) is 0 Å². The lowest BCUT2D eigenvalue weighted by Gasteiger charge is -2.07. The first kappa shape index (κ1) is 17.6. The summed E-state index contributed by atoms with van der Waals surface area (Å²) in [6, 6.07) is 3.14. The highest BCUT2D eigenvalue weighted by atomic mass is 19.1. The molecule has 6 nitrogen and oxygen atoms in total. The first-order chi connectivity index (χ1) is 11.5. The molecular weight excluding hydrogens is 318 g/mol. The Morgan fingerprint density at radius 2 is 1.83 bits per heavy atom. The minimum atomic E-state index is -0.981. The zero-order valence-corrected chi connectivity index (χ0v) is 13.4. The maximum Gasteiger partial charge on any atom is 0.273 e. The Balaban J connectivity index is 2.30. The summed E-state index contributed by atoms with van der Waals surface area (Å²) >= 11 is 0. The zero-order valence-electron chi connectivity index (χ0n) is 13.4. The summed E-state index contributed by atoms with van der Waals surface area (Å²) in [7, 11) is 0. The smallest absolute Gasteiger partial charge is 0.273 e. The van der Waals surface area contributed by atoms with E-state index in [1.165, 1.54) is 16.9 Å². The van der Waals surface area contributed by atoms with Crippen molar-refractivity contribution in [2.45, 2.75) is 26.8 Å². The van der Waals surface area contributed by atoms with E-state index in [2.05, 4.69) is 15.7 Å². The second-order valence-electron chi connectivity index (χ2n) is 5.05. The van der Waals surface area contributed by atoms with Crippen molar-refractivity contribution in [3.05, 3.63) is 47.3 Å². The lowest BCUT2D eigenvalue weighted by Crippen LogP contribution is -2.26. The maximum atomic E-state index is 13.7. The first-order valence-corrected chi connectivity index (χ1v) is 7.58.